The number of hydrogen-bond donors (Lipinski definition) is 1. The molecule has 0 saturated heterocycles. The molecule has 148 valence electrons. The summed E-state index contributed by atoms with van der Waals surface area (Å²) in [6.07, 6.45) is -0.364. The van der Waals surface area contributed by atoms with Gasteiger partial charge in [-0.3, -0.25) is 9.69 Å². The van der Waals surface area contributed by atoms with E-state index in [0.29, 0.717) is 29.9 Å². The zero-order chi connectivity index (χ0) is 20.7. The van der Waals surface area contributed by atoms with Crippen molar-refractivity contribution < 1.29 is 14.7 Å². The Hall–Kier alpha value is -3.34. The van der Waals surface area contributed by atoms with Crippen LogP contribution < -0.4 is 9.80 Å². The van der Waals surface area contributed by atoms with Gasteiger partial charge >= 0.3 is 6.09 Å². The number of carbonyl (C=O) groups excluding carboxylic acids is 1. The predicted octanol–water partition coefficient (Wildman–Crippen LogP) is 5.38. The van der Waals surface area contributed by atoms with Gasteiger partial charge in [0.1, 0.15) is 0 Å². The first kappa shape index (κ1) is 19.0. The minimum absolute atomic E-state index is 0.102. The largest absolute Gasteiger partial charge is 0.465 e. The number of hydrogen-bond acceptors (Lipinski definition) is 2. The monoisotopic (exact) mass is 388 g/mol. The minimum atomic E-state index is -0.987. The number of nitrogens with zero attached hydrogens (tertiary/aromatic N) is 2. The van der Waals surface area contributed by atoms with Crippen LogP contribution in [0.2, 0.25) is 0 Å². The molecule has 1 unspecified atom stereocenters. The van der Waals surface area contributed by atoms with E-state index in [0.717, 1.165) is 21.9 Å². The lowest BCUT2D eigenvalue weighted by molar-refractivity contribution is 0.0984. The fourth-order valence-electron chi connectivity index (χ4n) is 4.10. The van der Waals surface area contributed by atoms with Crippen LogP contribution in [0.3, 0.4) is 0 Å². The molecular formula is C24H24N2O3. The highest BCUT2D eigenvalue weighted by Crippen LogP contribution is 2.39. The van der Waals surface area contributed by atoms with Gasteiger partial charge in [-0.15, -0.1) is 0 Å². The highest BCUT2D eigenvalue weighted by atomic mass is 16.4. The summed E-state index contributed by atoms with van der Waals surface area (Å²) in [6, 6.07) is 17.1. The van der Waals surface area contributed by atoms with Gasteiger partial charge in [-0.05, 0) is 60.4 Å². The van der Waals surface area contributed by atoms with E-state index in [1.165, 1.54) is 4.90 Å². The Balaban J connectivity index is 1.89. The van der Waals surface area contributed by atoms with Crippen LogP contribution >= 0.6 is 0 Å². The van der Waals surface area contributed by atoms with Gasteiger partial charge in [0.2, 0.25) is 0 Å². The van der Waals surface area contributed by atoms with Crippen LogP contribution in [0.15, 0.2) is 54.6 Å². The van der Waals surface area contributed by atoms with Crippen LogP contribution in [0, 0.1) is 13.8 Å². The highest BCUT2D eigenvalue weighted by Gasteiger charge is 2.37. The van der Waals surface area contributed by atoms with Crippen molar-refractivity contribution in [2.24, 2.45) is 0 Å². The Labute approximate surface area is 170 Å². The summed E-state index contributed by atoms with van der Waals surface area (Å²) in [5.41, 5.74) is 3.89. The van der Waals surface area contributed by atoms with Crippen molar-refractivity contribution in [3.63, 3.8) is 0 Å². The topological polar surface area (TPSA) is 60.9 Å². The summed E-state index contributed by atoms with van der Waals surface area (Å²) in [5, 5.41) is 11.8. The zero-order valence-electron chi connectivity index (χ0n) is 16.8. The molecule has 3 aromatic rings. The second-order valence-electron chi connectivity index (χ2n) is 7.58. The molecule has 29 heavy (non-hydrogen) atoms. The van der Waals surface area contributed by atoms with Gasteiger partial charge in [0.15, 0.2) is 0 Å². The molecule has 1 aliphatic rings. The third-order valence-electron chi connectivity index (χ3n) is 5.84. The number of rotatable bonds is 2. The SMILES string of the molecule is CCC1CN(C(=O)c2cccc3ccccc23)c2cc(C)c(C)cc2N1C(=O)O. The van der Waals surface area contributed by atoms with E-state index >= 15 is 0 Å². The Bertz CT molecular complexity index is 1120. The summed E-state index contributed by atoms with van der Waals surface area (Å²) in [5.74, 6) is -0.102. The van der Waals surface area contributed by atoms with Crippen LogP contribution in [0.4, 0.5) is 16.2 Å². The van der Waals surface area contributed by atoms with E-state index < -0.39 is 6.09 Å². The second kappa shape index (κ2) is 7.24. The number of benzene rings is 3. The van der Waals surface area contributed by atoms with Gasteiger partial charge < -0.3 is 10.0 Å². The first-order valence-corrected chi connectivity index (χ1v) is 9.85. The van der Waals surface area contributed by atoms with E-state index in [1.54, 1.807) is 4.90 Å². The number of anilines is 2. The maximum absolute atomic E-state index is 13.7. The summed E-state index contributed by atoms with van der Waals surface area (Å²) in [4.78, 5) is 28.9. The Morgan fingerprint density at radius 2 is 1.66 bits per heavy atom. The van der Waals surface area contributed by atoms with Crippen molar-refractivity contribution in [1.82, 2.24) is 0 Å². The van der Waals surface area contributed by atoms with Crippen LogP contribution in [-0.4, -0.2) is 29.7 Å². The molecule has 1 aliphatic heterocycles. The van der Waals surface area contributed by atoms with Gasteiger partial charge in [0, 0.05) is 12.1 Å². The molecule has 0 aliphatic carbocycles. The lowest BCUT2D eigenvalue weighted by Crippen LogP contribution is -2.52. The van der Waals surface area contributed by atoms with Crippen molar-refractivity contribution in [3.05, 3.63) is 71.3 Å². The molecule has 1 N–H and O–H groups in total. The number of fused-ring (bicyclic) bond motifs is 2. The van der Waals surface area contributed by atoms with Crippen molar-refractivity contribution >= 4 is 34.1 Å². The van der Waals surface area contributed by atoms with Crippen molar-refractivity contribution in [3.8, 4) is 0 Å². The van der Waals surface area contributed by atoms with Gasteiger partial charge in [-0.25, -0.2) is 4.79 Å². The molecule has 1 atom stereocenters. The fraction of sp³-hybridized carbons (Fsp3) is 0.250. The van der Waals surface area contributed by atoms with E-state index in [-0.39, 0.29) is 11.9 Å². The minimum Gasteiger partial charge on any atom is -0.465 e. The summed E-state index contributed by atoms with van der Waals surface area (Å²) >= 11 is 0. The Morgan fingerprint density at radius 3 is 2.34 bits per heavy atom. The molecule has 0 bridgehead atoms. The van der Waals surface area contributed by atoms with Crippen LogP contribution in [0.25, 0.3) is 10.8 Å². The van der Waals surface area contributed by atoms with E-state index in [9.17, 15) is 14.7 Å². The Kier molecular flexibility index (Phi) is 4.74. The number of aryl methyl sites for hydroxylation is 2. The average molecular weight is 388 g/mol. The summed E-state index contributed by atoms with van der Waals surface area (Å²) < 4.78 is 0. The van der Waals surface area contributed by atoms with E-state index in [1.807, 2.05) is 75.4 Å². The quantitative estimate of drug-likeness (QED) is 0.641. The standard InChI is InChI=1S/C24H24N2O3/c1-4-18-14-25(21-12-15(2)16(3)13-22(21)26(18)24(28)29)23(27)20-11-7-9-17-8-5-6-10-19(17)20/h5-13,18H,4,14H2,1-3H3,(H,28,29). The Morgan fingerprint density at radius 1 is 1.00 bits per heavy atom. The maximum atomic E-state index is 13.7. The van der Waals surface area contributed by atoms with Crippen molar-refractivity contribution in [2.75, 3.05) is 16.3 Å². The molecule has 0 saturated carbocycles. The first-order chi connectivity index (χ1) is 13.9. The van der Waals surface area contributed by atoms with E-state index in [4.69, 9.17) is 0 Å². The zero-order valence-corrected chi connectivity index (χ0v) is 16.8. The van der Waals surface area contributed by atoms with Crippen LogP contribution in [0.1, 0.15) is 34.8 Å². The lowest BCUT2D eigenvalue weighted by Gasteiger charge is -2.41. The van der Waals surface area contributed by atoms with Gasteiger partial charge in [0.25, 0.3) is 5.91 Å². The average Bonchev–Trinajstić information content (AvgIpc) is 2.72. The van der Waals surface area contributed by atoms with Crippen molar-refractivity contribution in [1.29, 1.82) is 0 Å². The van der Waals surface area contributed by atoms with Crippen LogP contribution in [0.5, 0.6) is 0 Å². The molecule has 4 rings (SSSR count). The number of amides is 2. The smallest absolute Gasteiger partial charge is 0.412 e. The van der Waals surface area contributed by atoms with Crippen LogP contribution in [-0.2, 0) is 0 Å². The third-order valence-corrected chi connectivity index (χ3v) is 5.84. The third kappa shape index (κ3) is 3.12. The van der Waals surface area contributed by atoms with E-state index in [2.05, 4.69) is 0 Å². The molecule has 0 radical (unpaired) electrons. The lowest BCUT2D eigenvalue weighted by atomic mass is 9.98. The van der Waals surface area contributed by atoms with Gasteiger partial charge in [-0.1, -0.05) is 43.3 Å². The maximum Gasteiger partial charge on any atom is 0.412 e. The van der Waals surface area contributed by atoms with Crippen molar-refractivity contribution in [2.45, 2.75) is 33.2 Å². The molecule has 0 spiro atoms. The summed E-state index contributed by atoms with van der Waals surface area (Å²) in [6.45, 7) is 6.23. The molecule has 5 heteroatoms. The second-order valence-corrected chi connectivity index (χ2v) is 7.58. The number of carboxylic acid groups (broad SMARTS) is 1. The van der Waals surface area contributed by atoms with Gasteiger partial charge in [-0.2, -0.15) is 0 Å². The first-order valence-electron chi connectivity index (χ1n) is 9.85. The molecule has 0 aromatic heterocycles. The molecular weight excluding hydrogens is 364 g/mol. The van der Waals surface area contributed by atoms with Gasteiger partial charge in [0.05, 0.1) is 17.4 Å². The molecule has 3 aromatic carbocycles. The fourth-order valence-corrected chi connectivity index (χ4v) is 4.10. The number of carbonyl (C=O) groups is 2. The molecule has 0 fully saturated rings. The molecule has 1 heterocycles. The highest BCUT2D eigenvalue weighted by molar-refractivity contribution is 6.16. The normalized spacial score (nSPS) is 16.0. The summed E-state index contributed by atoms with van der Waals surface area (Å²) in [7, 11) is 0. The molecule has 5 nitrogen and oxygen atoms in total. The predicted molar refractivity (Wildman–Crippen MR) is 116 cm³/mol. The molecule has 2 amide bonds.